The molecule has 0 radical (unpaired) electrons. The molecule has 170 valence electrons. The van der Waals surface area contributed by atoms with E-state index < -0.39 is 24.6 Å². The van der Waals surface area contributed by atoms with E-state index in [2.05, 4.69) is 4.72 Å². The Morgan fingerprint density at radius 1 is 1.07 bits per heavy atom. The molecule has 1 saturated carbocycles. The number of sulfonamides is 1. The summed E-state index contributed by atoms with van der Waals surface area (Å²) in [5.41, 5.74) is 0.684. The van der Waals surface area contributed by atoms with Crippen LogP contribution >= 0.6 is 0 Å². The lowest BCUT2D eigenvalue weighted by molar-refractivity contribution is -0.123. The number of benzene rings is 1. The average molecular weight is 458 g/mol. The number of carbonyl (C=O) groups is 1. The molecule has 1 N–H and O–H groups in total. The number of rotatable bonds is 8. The average Bonchev–Trinajstić information content (AvgIpc) is 2.60. The molecule has 0 amide bonds. The molecule has 30 heavy (non-hydrogen) atoms. The van der Waals surface area contributed by atoms with Crippen molar-refractivity contribution in [2.24, 2.45) is 11.8 Å². The molecule has 1 aliphatic rings. The van der Waals surface area contributed by atoms with Gasteiger partial charge in [-0.25, -0.2) is 21.6 Å². The van der Waals surface area contributed by atoms with Gasteiger partial charge in [0.1, 0.15) is 5.78 Å². The Kier molecular flexibility index (Phi) is 7.91. The SMILES string of the molecule is CC(C)NS(=O)(=O)c1cccc(CC(=O)C2CCC(CS(=O)(=O)C(C)(C)C)CC2)c1. The van der Waals surface area contributed by atoms with Gasteiger partial charge >= 0.3 is 0 Å². The highest BCUT2D eigenvalue weighted by Gasteiger charge is 2.34. The molecular weight excluding hydrogens is 422 g/mol. The molecule has 0 aliphatic heterocycles. The fourth-order valence-electron chi connectivity index (χ4n) is 3.76. The zero-order valence-corrected chi connectivity index (χ0v) is 20.3. The molecule has 0 unspecified atom stereocenters. The van der Waals surface area contributed by atoms with Crippen LogP contribution < -0.4 is 4.72 Å². The van der Waals surface area contributed by atoms with Gasteiger partial charge in [0.15, 0.2) is 9.84 Å². The molecule has 1 fully saturated rings. The van der Waals surface area contributed by atoms with E-state index in [1.165, 1.54) is 6.07 Å². The fourth-order valence-corrected chi connectivity index (χ4v) is 6.53. The number of hydrogen-bond donors (Lipinski definition) is 1. The summed E-state index contributed by atoms with van der Waals surface area (Å²) in [7, 11) is -6.76. The van der Waals surface area contributed by atoms with Crippen molar-refractivity contribution in [3.8, 4) is 0 Å². The van der Waals surface area contributed by atoms with E-state index in [-0.39, 0.29) is 40.7 Å². The van der Waals surface area contributed by atoms with Crippen LogP contribution in [0, 0.1) is 11.8 Å². The third-order valence-electron chi connectivity index (χ3n) is 5.67. The minimum Gasteiger partial charge on any atom is -0.299 e. The molecule has 0 bridgehead atoms. The molecule has 0 atom stereocenters. The molecule has 0 aromatic heterocycles. The maximum Gasteiger partial charge on any atom is 0.240 e. The predicted octanol–water partition coefficient (Wildman–Crippen LogP) is 3.50. The van der Waals surface area contributed by atoms with Crippen LogP contribution in [0.5, 0.6) is 0 Å². The number of hydrogen-bond acceptors (Lipinski definition) is 5. The normalized spacial score (nSPS) is 21.0. The summed E-state index contributed by atoms with van der Waals surface area (Å²) in [4.78, 5) is 12.9. The second-order valence-electron chi connectivity index (χ2n) is 9.68. The number of ketones is 1. The summed E-state index contributed by atoms with van der Waals surface area (Å²) in [5.74, 6) is 0.292. The van der Waals surface area contributed by atoms with Crippen molar-refractivity contribution in [3.63, 3.8) is 0 Å². The zero-order chi connectivity index (χ0) is 22.7. The topological polar surface area (TPSA) is 97.4 Å². The van der Waals surface area contributed by atoms with Crippen molar-refractivity contribution in [2.75, 3.05) is 5.75 Å². The molecule has 0 spiro atoms. The van der Waals surface area contributed by atoms with Gasteiger partial charge in [0.05, 0.1) is 15.4 Å². The lowest BCUT2D eigenvalue weighted by atomic mass is 9.79. The molecule has 0 heterocycles. The third-order valence-corrected chi connectivity index (χ3v) is 10.1. The van der Waals surface area contributed by atoms with Gasteiger partial charge in [0.2, 0.25) is 10.0 Å². The van der Waals surface area contributed by atoms with E-state index in [0.29, 0.717) is 18.4 Å². The van der Waals surface area contributed by atoms with E-state index in [1.54, 1.807) is 52.8 Å². The summed E-state index contributed by atoms with van der Waals surface area (Å²) in [5, 5.41) is 0. The molecule has 1 aromatic rings. The number of nitrogens with one attached hydrogen (secondary N) is 1. The maximum absolute atomic E-state index is 12.8. The molecule has 8 heteroatoms. The minimum absolute atomic E-state index is 0.0901. The number of sulfone groups is 1. The first-order valence-corrected chi connectivity index (χ1v) is 13.7. The van der Waals surface area contributed by atoms with E-state index in [0.717, 1.165) is 12.8 Å². The van der Waals surface area contributed by atoms with Crippen LogP contribution in [0.4, 0.5) is 0 Å². The molecule has 2 rings (SSSR count). The van der Waals surface area contributed by atoms with Crippen LogP contribution in [-0.4, -0.2) is 39.2 Å². The van der Waals surface area contributed by atoms with Gasteiger partial charge in [-0.2, -0.15) is 0 Å². The molecule has 6 nitrogen and oxygen atoms in total. The third kappa shape index (κ3) is 6.62. The Bertz CT molecular complexity index is 951. The van der Waals surface area contributed by atoms with Crippen LogP contribution in [0.3, 0.4) is 0 Å². The van der Waals surface area contributed by atoms with Gasteiger partial charge in [-0.15, -0.1) is 0 Å². The second kappa shape index (κ2) is 9.49. The summed E-state index contributed by atoms with van der Waals surface area (Å²) < 4.78 is 51.4. The van der Waals surface area contributed by atoms with Crippen molar-refractivity contribution in [1.29, 1.82) is 0 Å². The summed E-state index contributed by atoms with van der Waals surface area (Å²) in [6.07, 6.45) is 3.05. The minimum atomic E-state index is -3.60. The highest BCUT2D eigenvalue weighted by Crippen LogP contribution is 2.33. The van der Waals surface area contributed by atoms with E-state index in [4.69, 9.17) is 0 Å². The largest absolute Gasteiger partial charge is 0.299 e. The Morgan fingerprint density at radius 3 is 2.20 bits per heavy atom. The van der Waals surface area contributed by atoms with Gasteiger partial charge in [-0.1, -0.05) is 12.1 Å². The first kappa shape index (κ1) is 25.0. The standard InChI is InChI=1S/C22H35NO5S2/c1-16(2)23-30(27,28)20-8-6-7-18(13-20)14-21(24)19-11-9-17(10-12-19)15-29(25,26)22(3,4)5/h6-8,13,16-17,19,23H,9-12,14-15H2,1-5H3. The monoisotopic (exact) mass is 457 g/mol. The van der Waals surface area contributed by atoms with Crippen LogP contribution in [-0.2, 0) is 31.1 Å². The number of Topliss-reactive ketones (excluding diaryl/α,β-unsaturated/α-hetero) is 1. The Hall–Kier alpha value is -1.25. The van der Waals surface area contributed by atoms with Crippen LogP contribution in [0.1, 0.15) is 65.9 Å². The Morgan fingerprint density at radius 2 is 1.67 bits per heavy atom. The lowest BCUT2D eigenvalue weighted by Gasteiger charge is -2.30. The van der Waals surface area contributed by atoms with Crippen LogP contribution in [0.15, 0.2) is 29.2 Å². The first-order chi connectivity index (χ1) is 13.7. The van der Waals surface area contributed by atoms with Crippen molar-refractivity contribution in [2.45, 2.75) is 82.4 Å². The second-order valence-corrected chi connectivity index (χ2v) is 14.2. The molecular formula is C22H35NO5S2. The maximum atomic E-state index is 12.8. The highest BCUT2D eigenvalue weighted by atomic mass is 32.2. The summed E-state index contributed by atoms with van der Waals surface area (Å²) >= 11 is 0. The molecule has 0 saturated heterocycles. The first-order valence-electron chi connectivity index (χ1n) is 10.6. The quantitative estimate of drug-likeness (QED) is 0.644. The van der Waals surface area contributed by atoms with E-state index in [1.807, 2.05) is 0 Å². The van der Waals surface area contributed by atoms with E-state index in [9.17, 15) is 21.6 Å². The lowest BCUT2D eigenvalue weighted by Crippen LogP contribution is -2.35. The summed E-state index contributed by atoms with van der Waals surface area (Å²) in [6.45, 7) is 8.69. The van der Waals surface area contributed by atoms with Crippen LogP contribution in [0.25, 0.3) is 0 Å². The predicted molar refractivity (Wildman–Crippen MR) is 120 cm³/mol. The number of carbonyl (C=O) groups excluding carboxylic acids is 1. The Labute approximate surface area is 181 Å². The zero-order valence-electron chi connectivity index (χ0n) is 18.6. The summed E-state index contributed by atoms with van der Waals surface area (Å²) in [6, 6.07) is 6.31. The van der Waals surface area contributed by atoms with Gasteiger partial charge in [0, 0.05) is 18.4 Å². The van der Waals surface area contributed by atoms with Crippen molar-refractivity contribution in [1.82, 2.24) is 4.72 Å². The molecule has 1 aliphatic carbocycles. The van der Waals surface area contributed by atoms with Crippen molar-refractivity contribution in [3.05, 3.63) is 29.8 Å². The van der Waals surface area contributed by atoms with Gasteiger partial charge in [0.25, 0.3) is 0 Å². The Balaban J connectivity index is 1.97. The molecule has 1 aromatic carbocycles. The fraction of sp³-hybridized carbons (Fsp3) is 0.682. The van der Waals surface area contributed by atoms with Gasteiger partial charge in [-0.3, -0.25) is 4.79 Å². The van der Waals surface area contributed by atoms with Crippen LogP contribution in [0.2, 0.25) is 0 Å². The van der Waals surface area contributed by atoms with Gasteiger partial charge < -0.3 is 0 Å². The van der Waals surface area contributed by atoms with Crippen molar-refractivity contribution >= 4 is 25.6 Å². The van der Waals surface area contributed by atoms with Gasteiger partial charge in [-0.05, 0) is 83.9 Å². The highest BCUT2D eigenvalue weighted by molar-refractivity contribution is 7.92. The smallest absolute Gasteiger partial charge is 0.240 e. The van der Waals surface area contributed by atoms with E-state index >= 15 is 0 Å². The van der Waals surface area contributed by atoms with Crippen molar-refractivity contribution < 1.29 is 21.6 Å².